The average molecular weight is 266 g/mol. The minimum absolute atomic E-state index is 0.266. The monoisotopic (exact) mass is 266 g/mol. The normalized spacial score (nSPS) is 13.9. The van der Waals surface area contributed by atoms with E-state index in [0.717, 1.165) is 12.5 Å². The number of anilines is 1. The zero-order valence-corrected chi connectivity index (χ0v) is 10.3. The van der Waals surface area contributed by atoms with Gasteiger partial charge < -0.3 is 15.7 Å². The number of carboxylic acids is 1. The molecule has 19 heavy (non-hydrogen) atoms. The minimum atomic E-state index is -1.28. The number of carbonyl (C=O) groups excluding carboxylic acids is 1. The van der Waals surface area contributed by atoms with Crippen LogP contribution in [0.5, 0.6) is 0 Å². The Morgan fingerprint density at radius 2 is 2.11 bits per heavy atom. The number of nitrogens with one attached hydrogen (secondary N) is 2. The fourth-order valence-corrected chi connectivity index (χ4v) is 1.78. The van der Waals surface area contributed by atoms with Gasteiger partial charge in [0.1, 0.15) is 5.82 Å². The standard InChI is InChI=1S/C13H15FN2O3/c14-10-3-1-2-9(12(17)18)11(10)16-13(19)15-7-6-8-4-5-8/h1-3,8H,4-7H2,(H,17,18)(H2,15,16,19). The van der Waals surface area contributed by atoms with Crippen LogP contribution in [-0.4, -0.2) is 23.7 Å². The summed E-state index contributed by atoms with van der Waals surface area (Å²) < 4.78 is 13.5. The summed E-state index contributed by atoms with van der Waals surface area (Å²) in [6.45, 7) is 0.507. The summed E-state index contributed by atoms with van der Waals surface area (Å²) >= 11 is 0. The van der Waals surface area contributed by atoms with Gasteiger partial charge in [-0.3, -0.25) is 0 Å². The smallest absolute Gasteiger partial charge is 0.337 e. The molecule has 1 aliphatic carbocycles. The third-order valence-electron chi connectivity index (χ3n) is 3.02. The summed E-state index contributed by atoms with van der Waals surface area (Å²) in [6.07, 6.45) is 3.29. The van der Waals surface area contributed by atoms with Gasteiger partial charge in [-0.1, -0.05) is 18.9 Å². The summed E-state index contributed by atoms with van der Waals surface area (Å²) in [6, 6.07) is 3.04. The molecule has 1 aliphatic rings. The summed E-state index contributed by atoms with van der Waals surface area (Å²) in [5.74, 6) is -1.37. The van der Waals surface area contributed by atoms with Crippen LogP contribution in [-0.2, 0) is 0 Å². The van der Waals surface area contributed by atoms with Crippen LogP contribution in [0.25, 0.3) is 0 Å². The van der Waals surface area contributed by atoms with Gasteiger partial charge in [-0.25, -0.2) is 14.0 Å². The van der Waals surface area contributed by atoms with Crippen LogP contribution in [0, 0.1) is 11.7 Å². The lowest BCUT2D eigenvalue weighted by Crippen LogP contribution is -2.30. The van der Waals surface area contributed by atoms with E-state index in [-0.39, 0.29) is 11.3 Å². The van der Waals surface area contributed by atoms with Crippen LogP contribution < -0.4 is 10.6 Å². The van der Waals surface area contributed by atoms with Crippen molar-refractivity contribution in [3.05, 3.63) is 29.6 Å². The van der Waals surface area contributed by atoms with Crippen molar-refractivity contribution in [2.45, 2.75) is 19.3 Å². The fraction of sp³-hybridized carbons (Fsp3) is 0.385. The maximum atomic E-state index is 13.5. The third kappa shape index (κ3) is 3.67. The molecule has 2 amide bonds. The first-order chi connectivity index (χ1) is 9.08. The van der Waals surface area contributed by atoms with Gasteiger partial charge in [0.05, 0.1) is 11.3 Å². The Bertz CT molecular complexity index is 501. The van der Waals surface area contributed by atoms with Crippen molar-refractivity contribution in [1.82, 2.24) is 5.32 Å². The number of amides is 2. The molecule has 0 radical (unpaired) electrons. The van der Waals surface area contributed by atoms with E-state index in [1.54, 1.807) is 0 Å². The lowest BCUT2D eigenvalue weighted by molar-refractivity contribution is 0.0697. The predicted octanol–water partition coefficient (Wildman–Crippen LogP) is 2.45. The van der Waals surface area contributed by atoms with Gasteiger partial charge in [0, 0.05) is 6.54 Å². The van der Waals surface area contributed by atoms with Gasteiger partial charge in [0.2, 0.25) is 0 Å². The van der Waals surface area contributed by atoms with Crippen LogP contribution in [0.2, 0.25) is 0 Å². The molecule has 1 aromatic carbocycles. The van der Waals surface area contributed by atoms with E-state index in [1.165, 1.54) is 25.0 Å². The number of aromatic carboxylic acids is 1. The Hall–Kier alpha value is -2.11. The van der Waals surface area contributed by atoms with Crippen LogP contribution in [0.15, 0.2) is 18.2 Å². The minimum Gasteiger partial charge on any atom is -0.478 e. The molecule has 0 aliphatic heterocycles. The lowest BCUT2D eigenvalue weighted by Gasteiger charge is -2.10. The predicted molar refractivity (Wildman–Crippen MR) is 67.7 cm³/mol. The van der Waals surface area contributed by atoms with Gasteiger partial charge >= 0.3 is 12.0 Å². The molecule has 2 rings (SSSR count). The van der Waals surface area contributed by atoms with Gasteiger partial charge in [0.25, 0.3) is 0 Å². The van der Waals surface area contributed by atoms with Crippen molar-refractivity contribution in [3.8, 4) is 0 Å². The first kappa shape index (κ1) is 13.3. The molecule has 1 saturated carbocycles. The van der Waals surface area contributed by atoms with Crippen LogP contribution in [0.3, 0.4) is 0 Å². The largest absolute Gasteiger partial charge is 0.478 e. The van der Waals surface area contributed by atoms with Gasteiger partial charge in [-0.15, -0.1) is 0 Å². The van der Waals surface area contributed by atoms with Gasteiger partial charge in [0.15, 0.2) is 0 Å². The topological polar surface area (TPSA) is 78.4 Å². The highest BCUT2D eigenvalue weighted by Crippen LogP contribution is 2.31. The van der Waals surface area contributed by atoms with Crippen LogP contribution >= 0.6 is 0 Å². The first-order valence-electron chi connectivity index (χ1n) is 6.14. The van der Waals surface area contributed by atoms with Crippen LogP contribution in [0.4, 0.5) is 14.9 Å². The van der Waals surface area contributed by atoms with E-state index in [0.29, 0.717) is 12.5 Å². The Morgan fingerprint density at radius 1 is 1.37 bits per heavy atom. The quantitative estimate of drug-likeness (QED) is 0.766. The zero-order valence-electron chi connectivity index (χ0n) is 10.3. The Morgan fingerprint density at radius 3 is 2.74 bits per heavy atom. The molecule has 6 heteroatoms. The molecule has 0 spiro atoms. The van der Waals surface area contributed by atoms with E-state index >= 15 is 0 Å². The summed E-state index contributed by atoms with van der Waals surface area (Å²) in [5.41, 5.74) is -0.573. The molecule has 0 atom stereocenters. The van der Waals surface area contributed by atoms with E-state index < -0.39 is 17.8 Å². The van der Waals surface area contributed by atoms with Crippen molar-refractivity contribution in [2.24, 2.45) is 5.92 Å². The fourth-order valence-electron chi connectivity index (χ4n) is 1.78. The lowest BCUT2D eigenvalue weighted by atomic mass is 10.1. The Balaban J connectivity index is 1.96. The second-order valence-electron chi connectivity index (χ2n) is 4.58. The number of carbonyl (C=O) groups is 2. The molecule has 0 aromatic heterocycles. The molecule has 0 saturated heterocycles. The summed E-state index contributed by atoms with van der Waals surface area (Å²) in [7, 11) is 0. The number of para-hydroxylation sites is 1. The van der Waals surface area contributed by atoms with Crippen LogP contribution in [0.1, 0.15) is 29.6 Å². The van der Waals surface area contributed by atoms with E-state index in [2.05, 4.69) is 10.6 Å². The Kier molecular flexibility index (Phi) is 3.99. The number of halogens is 1. The van der Waals surface area contributed by atoms with E-state index in [9.17, 15) is 14.0 Å². The molecule has 0 bridgehead atoms. The third-order valence-corrected chi connectivity index (χ3v) is 3.02. The van der Waals surface area contributed by atoms with Gasteiger partial charge in [-0.05, 0) is 24.5 Å². The van der Waals surface area contributed by atoms with Crippen molar-refractivity contribution in [1.29, 1.82) is 0 Å². The van der Waals surface area contributed by atoms with E-state index in [1.807, 2.05) is 0 Å². The first-order valence-corrected chi connectivity index (χ1v) is 6.14. The highest BCUT2D eigenvalue weighted by atomic mass is 19.1. The number of benzene rings is 1. The molecule has 1 aromatic rings. The number of carboxylic acid groups (broad SMARTS) is 1. The SMILES string of the molecule is O=C(NCCC1CC1)Nc1c(F)cccc1C(=O)O. The van der Waals surface area contributed by atoms with Crippen molar-refractivity contribution in [3.63, 3.8) is 0 Å². The molecule has 0 heterocycles. The molecular formula is C13H15FN2O3. The molecule has 5 nitrogen and oxygen atoms in total. The maximum absolute atomic E-state index is 13.5. The molecule has 0 unspecified atom stereocenters. The number of rotatable bonds is 5. The highest BCUT2D eigenvalue weighted by Gasteiger charge is 2.21. The van der Waals surface area contributed by atoms with Gasteiger partial charge in [-0.2, -0.15) is 0 Å². The second kappa shape index (κ2) is 5.69. The maximum Gasteiger partial charge on any atom is 0.337 e. The summed E-state index contributed by atoms with van der Waals surface area (Å²) in [5, 5.41) is 13.8. The highest BCUT2D eigenvalue weighted by molar-refractivity contribution is 6.00. The molecule has 3 N–H and O–H groups in total. The molecular weight excluding hydrogens is 251 g/mol. The number of urea groups is 1. The van der Waals surface area contributed by atoms with E-state index in [4.69, 9.17) is 5.11 Å². The summed E-state index contributed by atoms with van der Waals surface area (Å²) in [4.78, 5) is 22.5. The van der Waals surface area contributed by atoms with Crippen molar-refractivity contribution >= 4 is 17.7 Å². The zero-order chi connectivity index (χ0) is 13.8. The Labute approximate surface area is 109 Å². The average Bonchev–Trinajstić information content (AvgIpc) is 3.15. The second-order valence-corrected chi connectivity index (χ2v) is 4.58. The molecule has 102 valence electrons. The van der Waals surface area contributed by atoms with Crippen molar-refractivity contribution in [2.75, 3.05) is 11.9 Å². The number of hydrogen-bond acceptors (Lipinski definition) is 2. The number of hydrogen-bond donors (Lipinski definition) is 3. The molecule has 1 fully saturated rings. The van der Waals surface area contributed by atoms with Crippen molar-refractivity contribution < 1.29 is 19.1 Å².